The molecule has 0 saturated carbocycles. The summed E-state index contributed by atoms with van der Waals surface area (Å²) in [5.74, 6) is 0.995. The van der Waals surface area contributed by atoms with Gasteiger partial charge in [-0.15, -0.1) is 0 Å². The topological polar surface area (TPSA) is 30.5 Å². The average molecular weight is 419 g/mol. The van der Waals surface area contributed by atoms with Crippen molar-refractivity contribution in [2.45, 2.75) is 6.54 Å². The van der Waals surface area contributed by atoms with Gasteiger partial charge in [-0.3, -0.25) is 0 Å². The lowest BCUT2D eigenvalue weighted by Gasteiger charge is -2.13. The highest BCUT2D eigenvalue weighted by Crippen LogP contribution is 2.36. The Morgan fingerprint density at radius 2 is 1.81 bits per heavy atom. The summed E-state index contributed by atoms with van der Waals surface area (Å²) >= 11 is 6.58. The highest BCUT2D eigenvalue weighted by molar-refractivity contribution is 9.10. The number of rotatable bonds is 5. The Morgan fingerprint density at radius 3 is 2.43 bits per heavy atom. The van der Waals surface area contributed by atoms with Crippen molar-refractivity contribution in [1.29, 1.82) is 0 Å². The van der Waals surface area contributed by atoms with E-state index in [1.54, 1.807) is 20.3 Å². The Labute approximate surface area is 139 Å². The molecule has 6 heteroatoms. The Morgan fingerprint density at radius 1 is 1.05 bits per heavy atom. The molecule has 0 atom stereocenters. The van der Waals surface area contributed by atoms with E-state index in [4.69, 9.17) is 9.47 Å². The van der Waals surface area contributed by atoms with Crippen molar-refractivity contribution in [2.75, 3.05) is 19.5 Å². The molecular weight excluding hydrogens is 405 g/mol. The lowest BCUT2D eigenvalue weighted by molar-refractivity contribution is 0.352. The van der Waals surface area contributed by atoms with Gasteiger partial charge >= 0.3 is 0 Å². The van der Waals surface area contributed by atoms with E-state index < -0.39 is 0 Å². The third kappa shape index (κ3) is 3.89. The molecular formula is C15H14Br2FNO2. The van der Waals surface area contributed by atoms with Crippen LogP contribution >= 0.6 is 31.9 Å². The summed E-state index contributed by atoms with van der Waals surface area (Å²) in [6.07, 6.45) is 0. The zero-order chi connectivity index (χ0) is 15.4. The first-order valence-corrected chi connectivity index (χ1v) is 7.73. The number of halogens is 3. The van der Waals surface area contributed by atoms with Gasteiger partial charge in [0.05, 0.1) is 23.2 Å². The van der Waals surface area contributed by atoms with E-state index in [0.717, 1.165) is 10.0 Å². The number of nitrogens with one attached hydrogen (secondary N) is 1. The van der Waals surface area contributed by atoms with Gasteiger partial charge in [0.15, 0.2) is 11.5 Å². The highest BCUT2D eigenvalue weighted by atomic mass is 79.9. The van der Waals surface area contributed by atoms with E-state index in [2.05, 4.69) is 37.2 Å². The summed E-state index contributed by atoms with van der Waals surface area (Å²) in [4.78, 5) is 0. The Hall–Kier alpha value is -1.27. The first-order chi connectivity index (χ1) is 10.0. The van der Waals surface area contributed by atoms with E-state index in [1.807, 2.05) is 18.2 Å². The molecule has 1 N–H and O–H groups in total. The normalized spacial score (nSPS) is 10.3. The fourth-order valence-electron chi connectivity index (χ4n) is 1.88. The van der Waals surface area contributed by atoms with Crippen molar-refractivity contribution in [1.82, 2.24) is 0 Å². The van der Waals surface area contributed by atoms with E-state index >= 15 is 0 Å². The first kappa shape index (κ1) is 16.1. The largest absolute Gasteiger partial charge is 0.493 e. The van der Waals surface area contributed by atoms with Gasteiger partial charge in [0, 0.05) is 12.2 Å². The maximum atomic E-state index is 13.5. The molecule has 0 aromatic heterocycles. The number of anilines is 1. The molecule has 0 aliphatic rings. The lowest BCUT2D eigenvalue weighted by Crippen LogP contribution is -2.01. The molecule has 0 unspecified atom stereocenters. The van der Waals surface area contributed by atoms with Crippen LogP contribution in [0, 0.1) is 5.82 Å². The van der Waals surface area contributed by atoms with Gasteiger partial charge in [-0.25, -0.2) is 4.39 Å². The predicted octanol–water partition coefficient (Wildman–Crippen LogP) is 4.98. The van der Waals surface area contributed by atoms with Crippen LogP contribution < -0.4 is 14.8 Å². The molecule has 0 bridgehead atoms. The number of hydrogen-bond acceptors (Lipinski definition) is 3. The van der Waals surface area contributed by atoms with Crippen molar-refractivity contribution < 1.29 is 13.9 Å². The third-order valence-electron chi connectivity index (χ3n) is 2.91. The smallest absolute Gasteiger partial charge is 0.174 e. The SMILES string of the molecule is COc1cc(CNc2ccc(Br)c(F)c2)cc(Br)c1OC. The monoisotopic (exact) mass is 417 g/mol. The molecule has 2 aromatic carbocycles. The predicted molar refractivity (Wildman–Crippen MR) is 88.7 cm³/mol. The van der Waals surface area contributed by atoms with Crippen LogP contribution in [0.15, 0.2) is 39.3 Å². The van der Waals surface area contributed by atoms with Crippen molar-refractivity contribution >= 4 is 37.5 Å². The minimum absolute atomic E-state index is 0.298. The van der Waals surface area contributed by atoms with Crippen LogP contribution in [0.25, 0.3) is 0 Å². The molecule has 0 heterocycles. The molecule has 0 fully saturated rings. The molecule has 0 saturated heterocycles. The lowest BCUT2D eigenvalue weighted by atomic mass is 10.2. The molecule has 0 aliphatic heterocycles. The van der Waals surface area contributed by atoms with Crippen molar-refractivity contribution in [3.63, 3.8) is 0 Å². The van der Waals surface area contributed by atoms with Crippen LogP contribution in [-0.2, 0) is 6.54 Å². The summed E-state index contributed by atoms with van der Waals surface area (Å²) < 4.78 is 25.3. The fraction of sp³-hybridized carbons (Fsp3) is 0.200. The summed E-state index contributed by atoms with van der Waals surface area (Å²) in [6, 6.07) is 8.74. The van der Waals surface area contributed by atoms with Crippen LogP contribution in [0.1, 0.15) is 5.56 Å². The molecule has 3 nitrogen and oxygen atoms in total. The zero-order valence-corrected chi connectivity index (χ0v) is 14.7. The quantitative estimate of drug-likeness (QED) is 0.742. The van der Waals surface area contributed by atoms with Gasteiger partial charge in [0.1, 0.15) is 5.82 Å². The van der Waals surface area contributed by atoms with Crippen LogP contribution in [0.3, 0.4) is 0 Å². The van der Waals surface area contributed by atoms with E-state index in [9.17, 15) is 4.39 Å². The van der Waals surface area contributed by atoms with E-state index in [-0.39, 0.29) is 5.82 Å². The van der Waals surface area contributed by atoms with E-state index in [1.165, 1.54) is 6.07 Å². The van der Waals surface area contributed by atoms with E-state index in [0.29, 0.717) is 28.2 Å². The summed E-state index contributed by atoms with van der Waals surface area (Å²) in [5, 5.41) is 3.17. The Kier molecular flexibility index (Phi) is 5.47. The van der Waals surface area contributed by atoms with Crippen molar-refractivity contribution in [3.05, 3.63) is 50.7 Å². The number of ether oxygens (including phenoxy) is 2. The van der Waals surface area contributed by atoms with Crippen LogP contribution in [0.2, 0.25) is 0 Å². The maximum absolute atomic E-state index is 13.5. The Bertz CT molecular complexity index is 650. The molecule has 21 heavy (non-hydrogen) atoms. The molecule has 0 amide bonds. The minimum Gasteiger partial charge on any atom is -0.493 e. The summed E-state index contributed by atoms with van der Waals surface area (Å²) in [5.41, 5.74) is 1.70. The second-order valence-electron chi connectivity index (χ2n) is 4.30. The highest BCUT2D eigenvalue weighted by Gasteiger charge is 2.10. The van der Waals surface area contributed by atoms with Crippen molar-refractivity contribution in [2.24, 2.45) is 0 Å². The van der Waals surface area contributed by atoms with Gasteiger partial charge in [-0.05, 0) is 67.8 Å². The summed E-state index contributed by atoms with van der Waals surface area (Å²) in [6.45, 7) is 0.542. The van der Waals surface area contributed by atoms with Crippen LogP contribution in [-0.4, -0.2) is 14.2 Å². The van der Waals surface area contributed by atoms with Crippen LogP contribution in [0.5, 0.6) is 11.5 Å². The Balaban J connectivity index is 2.16. The number of benzene rings is 2. The molecule has 0 radical (unpaired) electrons. The molecule has 2 aromatic rings. The van der Waals surface area contributed by atoms with Gasteiger partial charge in [0.2, 0.25) is 0 Å². The van der Waals surface area contributed by atoms with Gasteiger partial charge in [-0.2, -0.15) is 0 Å². The standard InChI is InChI=1S/C15H14Br2FNO2/c1-20-14-6-9(5-12(17)15(14)21-2)8-19-10-3-4-11(16)13(18)7-10/h3-7,19H,8H2,1-2H3. The van der Waals surface area contributed by atoms with Crippen molar-refractivity contribution in [3.8, 4) is 11.5 Å². The number of hydrogen-bond donors (Lipinski definition) is 1. The van der Waals surface area contributed by atoms with Gasteiger partial charge in [0.25, 0.3) is 0 Å². The van der Waals surface area contributed by atoms with Gasteiger partial charge in [-0.1, -0.05) is 0 Å². The second kappa shape index (κ2) is 7.13. The minimum atomic E-state index is -0.298. The summed E-state index contributed by atoms with van der Waals surface area (Å²) in [7, 11) is 3.18. The third-order valence-corrected chi connectivity index (χ3v) is 4.14. The molecule has 0 aliphatic carbocycles. The molecule has 112 valence electrons. The second-order valence-corrected chi connectivity index (χ2v) is 6.00. The number of methoxy groups -OCH3 is 2. The fourth-order valence-corrected chi connectivity index (χ4v) is 2.78. The first-order valence-electron chi connectivity index (χ1n) is 6.14. The molecule has 0 spiro atoms. The maximum Gasteiger partial charge on any atom is 0.174 e. The zero-order valence-electron chi connectivity index (χ0n) is 11.5. The molecule has 2 rings (SSSR count). The average Bonchev–Trinajstić information content (AvgIpc) is 2.47. The van der Waals surface area contributed by atoms with Crippen LogP contribution in [0.4, 0.5) is 10.1 Å². The van der Waals surface area contributed by atoms with Gasteiger partial charge < -0.3 is 14.8 Å².